The van der Waals surface area contributed by atoms with E-state index in [2.05, 4.69) is 45.8 Å². The number of nitrogens with zero attached hydrogens (tertiary/aromatic N) is 3. The Balaban J connectivity index is 2.00. The van der Waals surface area contributed by atoms with Crippen LogP contribution in [0.2, 0.25) is 0 Å². The van der Waals surface area contributed by atoms with Crippen LogP contribution in [0.3, 0.4) is 0 Å². The Morgan fingerprint density at radius 3 is 3.00 bits per heavy atom. The first-order valence-corrected chi connectivity index (χ1v) is 6.88. The highest BCUT2D eigenvalue weighted by Crippen LogP contribution is 2.10. The molecule has 5 nitrogen and oxygen atoms in total. The third kappa shape index (κ3) is 3.60. The Morgan fingerprint density at radius 1 is 1.40 bits per heavy atom. The van der Waals surface area contributed by atoms with E-state index in [4.69, 9.17) is 5.73 Å². The van der Waals surface area contributed by atoms with Gasteiger partial charge in [-0.3, -0.25) is 0 Å². The summed E-state index contributed by atoms with van der Waals surface area (Å²) in [5.41, 5.74) is 8.14. The molecule has 0 bridgehead atoms. The Bertz CT molecular complexity index is 585. The van der Waals surface area contributed by atoms with Gasteiger partial charge in [-0.1, -0.05) is 19.1 Å². The molecular formula is C15H21N5. The molecule has 0 saturated carbocycles. The van der Waals surface area contributed by atoms with Crippen LogP contribution in [0, 0.1) is 0 Å². The number of imidazole rings is 1. The van der Waals surface area contributed by atoms with Gasteiger partial charge in [-0.05, 0) is 31.0 Å². The van der Waals surface area contributed by atoms with E-state index in [-0.39, 0.29) is 0 Å². The van der Waals surface area contributed by atoms with Gasteiger partial charge in [0.2, 0.25) is 0 Å². The summed E-state index contributed by atoms with van der Waals surface area (Å²) in [6.45, 7) is 5.57. The van der Waals surface area contributed by atoms with Gasteiger partial charge in [-0.25, -0.2) is 9.98 Å². The molecule has 2 aromatic rings. The van der Waals surface area contributed by atoms with Crippen LogP contribution in [0.15, 0.2) is 41.7 Å². The van der Waals surface area contributed by atoms with Crippen LogP contribution >= 0.6 is 0 Å². The van der Waals surface area contributed by atoms with Gasteiger partial charge in [0.25, 0.3) is 0 Å². The summed E-state index contributed by atoms with van der Waals surface area (Å²) < 4.78 is 2.05. The maximum absolute atomic E-state index is 5.91. The minimum absolute atomic E-state index is 0.406. The molecule has 0 fully saturated rings. The van der Waals surface area contributed by atoms with Crippen molar-refractivity contribution in [2.75, 3.05) is 5.32 Å². The van der Waals surface area contributed by atoms with E-state index in [1.165, 1.54) is 5.56 Å². The van der Waals surface area contributed by atoms with Crippen molar-refractivity contribution in [2.45, 2.75) is 33.4 Å². The second-order valence-electron chi connectivity index (χ2n) is 4.51. The van der Waals surface area contributed by atoms with Gasteiger partial charge in [0.1, 0.15) is 12.4 Å². The number of rotatable bonds is 5. The second kappa shape index (κ2) is 6.75. The van der Waals surface area contributed by atoms with E-state index in [0.29, 0.717) is 12.5 Å². The van der Waals surface area contributed by atoms with Crippen molar-refractivity contribution >= 4 is 11.6 Å². The van der Waals surface area contributed by atoms with Crippen LogP contribution in [0.1, 0.15) is 25.2 Å². The average molecular weight is 271 g/mol. The fraction of sp³-hybridized carbons (Fsp3) is 0.333. The molecule has 1 aromatic heterocycles. The molecule has 20 heavy (non-hydrogen) atoms. The highest BCUT2D eigenvalue weighted by molar-refractivity contribution is 5.92. The molecule has 0 amide bonds. The molecule has 0 unspecified atom stereocenters. The van der Waals surface area contributed by atoms with Crippen LogP contribution in [-0.4, -0.2) is 15.5 Å². The maximum atomic E-state index is 5.91. The molecule has 0 spiro atoms. The number of aryl methyl sites for hydroxylation is 2. The number of aromatic nitrogens is 2. The molecule has 0 saturated heterocycles. The van der Waals surface area contributed by atoms with Crippen LogP contribution in [-0.2, 0) is 19.5 Å². The first-order chi connectivity index (χ1) is 9.72. The first kappa shape index (κ1) is 14.1. The van der Waals surface area contributed by atoms with Crippen molar-refractivity contribution in [3.05, 3.63) is 48.0 Å². The van der Waals surface area contributed by atoms with Crippen molar-refractivity contribution in [1.29, 1.82) is 0 Å². The quantitative estimate of drug-likeness (QED) is 0.648. The highest BCUT2D eigenvalue weighted by Gasteiger charge is 2.01. The number of anilines is 1. The summed E-state index contributed by atoms with van der Waals surface area (Å²) in [5.74, 6) is 1.32. The highest BCUT2D eigenvalue weighted by atomic mass is 15.1. The lowest BCUT2D eigenvalue weighted by Crippen LogP contribution is -2.23. The third-order valence-electron chi connectivity index (χ3n) is 3.14. The Kier molecular flexibility index (Phi) is 4.76. The van der Waals surface area contributed by atoms with Crippen molar-refractivity contribution < 1.29 is 0 Å². The van der Waals surface area contributed by atoms with Gasteiger partial charge in [0.05, 0.1) is 0 Å². The van der Waals surface area contributed by atoms with Crippen LogP contribution in [0.4, 0.5) is 5.69 Å². The SMILES string of the molecule is CCc1cccc(NC(N)=NCc2nccn2CC)c1. The Labute approximate surface area is 119 Å². The fourth-order valence-corrected chi connectivity index (χ4v) is 1.99. The summed E-state index contributed by atoms with van der Waals surface area (Å²) in [6, 6.07) is 8.17. The lowest BCUT2D eigenvalue weighted by atomic mass is 10.1. The average Bonchev–Trinajstić information content (AvgIpc) is 2.93. The first-order valence-electron chi connectivity index (χ1n) is 6.88. The molecule has 1 heterocycles. The summed E-state index contributed by atoms with van der Waals surface area (Å²) in [5, 5.41) is 3.11. The summed E-state index contributed by atoms with van der Waals surface area (Å²) in [7, 11) is 0. The lowest BCUT2D eigenvalue weighted by molar-refractivity contribution is 0.699. The van der Waals surface area contributed by atoms with Crippen molar-refractivity contribution in [2.24, 2.45) is 10.7 Å². The topological polar surface area (TPSA) is 68.2 Å². The summed E-state index contributed by atoms with van der Waals surface area (Å²) in [6.07, 6.45) is 4.72. The normalized spacial score (nSPS) is 11.6. The number of nitrogens with two attached hydrogens (primary N) is 1. The Morgan fingerprint density at radius 2 is 2.25 bits per heavy atom. The second-order valence-corrected chi connectivity index (χ2v) is 4.51. The van der Waals surface area contributed by atoms with Gasteiger partial charge in [-0.2, -0.15) is 0 Å². The molecule has 5 heteroatoms. The summed E-state index contributed by atoms with van der Waals surface area (Å²) in [4.78, 5) is 8.59. The minimum Gasteiger partial charge on any atom is -0.370 e. The molecule has 106 valence electrons. The smallest absolute Gasteiger partial charge is 0.193 e. The Hall–Kier alpha value is -2.30. The van der Waals surface area contributed by atoms with Gasteiger partial charge < -0.3 is 15.6 Å². The van der Waals surface area contributed by atoms with E-state index in [9.17, 15) is 0 Å². The molecular weight excluding hydrogens is 250 g/mol. The largest absolute Gasteiger partial charge is 0.370 e. The van der Waals surface area contributed by atoms with Crippen LogP contribution < -0.4 is 11.1 Å². The minimum atomic E-state index is 0.406. The molecule has 0 aliphatic carbocycles. The molecule has 0 atom stereocenters. The van der Waals surface area contributed by atoms with Gasteiger partial charge in [0.15, 0.2) is 5.96 Å². The number of guanidine groups is 1. The molecule has 1 aromatic carbocycles. The molecule has 0 radical (unpaired) electrons. The van der Waals surface area contributed by atoms with Crippen LogP contribution in [0.5, 0.6) is 0 Å². The predicted octanol–water partition coefficient (Wildman–Crippen LogP) is 2.39. The van der Waals surface area contributed by atoms with E-state index < -0.39 is 0 Å². The standard InChI is InChI=1S/C15H21N5/c1-3-12-6-5-7-13(10-12)19-15(16)18-11-14-17-8-9-20(14)4-2/h5-10H,3-4,11H2,1-2H3,(H3,16,18,19). The zero-order chi connectivity index (χ0) is 14.4. The van der Waals surface area contributed by atoms with E-state index in [1.54, 1.807) is 6.20 Å². The fourth-order valence-electron chi connectivity index (χ4n) is 1.99. The predicted molar refractivity (Wildman–Crippen MR) is 82.7 cm³/mol. The van der Waals surface area contributed by atoms with Gasteiger partial charge >= 0.3 is 0 Å². The zero-order valence-corrected chi connectivity index (χ0v) is 12.0. The molecule has 0 aliphatic rings. The summed E-state index contributed by atoms with van der Waals surface area (Å²) >= 11 is 0. The van der Waals surface area contributed by atoms with Gasteiger partial charge in [0, 0.05) is 24.6 Å². The maximum Gasteiger partial charge on any atom is 0.193 e. The van der Waals surface area contributed by atoms with Crippen molar-refractivity contribution in [3.8, 4) is 0 Å². The van der Waals surface area contributed by atoms with Crippen molar-refractivity contribution in [1.82, 2.24) is 9.55 Å². The van der Waals surface area contributed by atoms with E-state index in [1.807, 2.05) is 18.3 Å². The van der Waals surface area contributed by atoms with Crippen molar-refractivity contribution in [3.63, 3.8) is 0 Å². The van der Waals surface area contributed by atoms with Gasteiger partial charge in [-0.15, -0.1) is 0 Å². The number of hydrogen-bond acceptors (Lipinski definition) is 2. The number of aliphatic imine (C=N–C) groups is 1. The molecule has 3 N–H and O–H groups in total. The monoisotopic (exact) mass is 271 g/mol. The third-order valence-corrected chi connectivity index (χ3v) is 3.14. The zero-order valence-electron chi connectivity index (χ0n) is 12.0. The van der Waals surface area contributed by atoms with E-state index >= 15 is 0 Å². The molecule has 2 rings (SSSR count). The lowest BCUT2D eigenvalue weighted by Gasteiger charge is -2.07. The molecule has 0 aliphatic heterocycles. The number of nitrogens with one attached hydrogen (secondary N) is 1. The van der Waals surface area contributed by atoms with Crippen LogP contribution in [0.25, 0.3) is 0 Å². The van der Waals surface area contributed by atoms with E-state index in [0.717, 1.165) is 24.5 Å². The number of hydrogen-bond donors (Lipinski definition) is 2. The number of benzene rings is 1.